The minimum absolute atomic E-state index is 0.652. The SMILES string of the molecule is Cc1cc2ccnc(CCN)c2cc1C. The number of rotatable bonds is 2. The highest BCUT2D eigenvalue weighted by Crippen LogP contribution is 2.21. The van der Waals surface area contributed by atoms with E-state index >= 15 is 0 Å². The topological polar surface area (TPSA) is 38.9 Å². The summed E-state index contributed by atoms with van der Waals surface area (Å²) in [6.07, 6.45) is 2.71. The molecule has 0 saturated heterocycles. The maximum atomic E-state index is 5.58. The predicted octanol–water partition coefficient (Wildman–Crippen LogP) is 2.35. The fourth-order valence-electron chi connectivity index (χ4n) is 1.84. The number of nitrogens with two attached hydrogens (primary N) is 1. The first-order chi connectivity index (χ1) is 7.22. The smallest absolute Gasteiger partial charge is 0.0494 e. The van der Waals surface area contributed by atoms with Gasteiger partial charge in [-0.3, -0.25) is 4.98 Å². The van der Waals surface area contributed by atoms with E-state index in [1.807, 2.05) is 6.20 Å². The summed E-state index contributed by atoms with van der Waals surface area (Å²) in [5.41, 5.74) is 9.33. The van der Waals surface area contributed by atoms with Gasteiger partial charge in [0.05, 0.1) is 0 Å². The molecule has 0 atom stereocenters. The molecular weight excluding hydrogens is 184 g/mol. The quantitative estimate of drug-likeness (QED) is 0.808. The molecule has 0 aliphatic heterocycles. The molecule has 0 spiro atoms. The first-order valence-corrected chi connectivity index (χ1v) is 5.27. The van der Waals surface area contributed by atoms with Crippen LogP contribution in [-0.2, 0) is 6.42 Å². The van der Waals surface area contributed by atoms with Gasteiger partial charge in [0.15, 0.2) is 0 Å². The monoisotopic (exact) mass is 200 g/mol. The molecule has 0 aliphatic carbocycles. The van der Waals surface area contributed by atoms with E-state index in [9.17, 15) is 0 Å². The summed E-state index contributed by atoms with van der Waals surface area (Å²) in [5, 5.41) is 2.50. The van der Waals surface area contributed by atoms with Crippen LogP contribution in [0.5, 0.6) is 0 Å². The third-order valence-corrected chi connectivity index (χ3v) is 2.84. The second-order valence-corrected chi connectivity index (χ2v) is 3.95. The van der Waals surface area contributed by atoms with Gasteiger partial charge in [-0.1, -0.05) is 6.07 Å². The molecule has 0 amide bonds. The van der Waals surface area contributed by atoms with Crippen molar-refractivity contribution in [3.8, 4) is 0 Å². The summed E-state index contributed by atoms with van der Waals surface area (Å²) in [6, 6.07) is 6.48. The Bertz CT molecular complexity index is 489. The van der Waals surface area contributed by atoms with Gasteiger partial charge in [-0.2, -0.15) is 0 Å². The Labute approximate surface area is 90.1 Å². The zero-order chi connectivity index (χ0) is 10.8. The van der Waals surface area contributed by atoms with Crippen molar-refractivity contribution >= 4 is 10.8 Å². The van der Waals surface area contributed by atoms with Gasteiger partial charge in [0, 0.05) is 23.7 Å². The average Bonchev–Trinajstić information content (AvgIpc) is 2.21. The summed E-state index contributed by atoms with van der Waals surface area (Å²) in [5.74, 6) is 0. The second kappa shape index (κ2) is 3.99. The fourth-order valence-corrected chi connectivity index (χ4v) is 1.84. The number of aromatic nitrogens is 1. The van der Waals surface area contributed by atoms with Gasteiger partial charge in [0.25, 0.3) is 0 Å². The van der Waals surface area contributed by atoms with Crippen LogP contribution in [0.3, 0.4) is 0 Å². The number of hydrogen-bond donors (Lipinski definition) is 1. The van der Waals surface area contributed by atoms with E-state index < -0.39 is 0 Å². The van der Waals surface area contributed by atoms with Crippen LogP contribution in [0.15, 0.2) is 24.4 Å². The molecule has 1 aromatic heterocycles. The molecule has 0 saturated carbocycles. The van der Waals surface area contributed by atoms with Crippen molar-refractivity contribution in [1.82, 2.24) is 4.98 Å². The largest absolute Gasteiger partial charge is 0.330 e. The van der Waals surface area contributed by atoms with E-state index in [0.717, 1.165) is 12.1 Å². The van der Waals surface area contributed by atoms with Crippen LogP contribution in [0.2, 0.25) is 0 Å². The Hall–Kier alpha value is -1.41. The molecule has 78 valence electrons. The summed E-state index contributed by atoms with van der Waals surface area (Å²) in [7, 11) is 0. The molecule has 2 heteroatoms. The van der Waals surface area contributed by atoms with E-state index in [1.54, 1.807) is 0 Å². The number of fused-ring (bicyclic) bond motifs is 1. The molecule has 0 unspecified atom stereocenters. The predicted molar refractivity (Wildman–Crippen MR) is 64.0 cm³/mol. The zero-order valence-corrected chi connectivity index (χ0v) is 9.25. The molecule has 2 rings (SSSR count). The molecule has 0 bridgehead atoms. The number of pyridine rings is 1. The van der Waals surface area contributed by atoms with Crippen LogP contribution in [0.25, 0.3) is 10.8 Å². The Balaban J connectivity index is 2.68. The molecule has 2 nitrogen and oxygen atoms in total. The van der Waals surface area contributed by atoms with Crippen LogP contribution >= 0.6 is 0 Å². The highest BCUT2D eigenvalue weighted by Gasteiger charge is 2.03. The average molecular weight is 200 g/mol. The van der Waals surface area contributed by atoms with Gasteiger partial charge in [-0.15, -0.1) is 0 Å². The fraction of sp³-hybridized carbons (Fsp3) is 0.308. The van der Waals surface area contributed by atoms with Gasteiger partial charge in [-0.25, -0.2) is 0 Å². The summed E-state index contributed by atoms with van der Waals surface area (Å²) in [6.45, 7) is 4.92. The highest BCUT2D eigenvalue weighted by atomic mass is 14.7. The number of benzene rings is 1. The third-order valence-electron chi connectivity index (χ3n) is 2.84. The van der Waals surface area contributed by atoms with Gasteiger partial charge in [-0.05, 0) is 49.0 Å². The molecule has 2 aromatic rings. The van der Waals surface area contributed by atoms with Gasteiger partial charge in [0.1, 0.15) is 0 Å². The summed E-state index contributed by atoms with van der Waals surface area (Å²) >= 11 is 0. The van der Waals surface area contributed by atoms with Crippen molar-refractivity contribution in [2.75, 3.05) is 6.54 Å². The third kappa shape index (κ3) is 1.85. The number of nitrogens with zero attached hydrogens (tertiary/aromatic N) is 1. The molecule has 0 radical (unpaired) electrons. The van der Waals surface area contributed by atoms with Crippen LogP contribution in [-0.4, -0.2) is 11.5 Å². The van der Waals surface area contributed by atoms with E-state index in [1.165, 1.54) is 21.9 Å². The van der Waals surface area contributed by atoms with Crippen molar-refractivity contribution in [3.63, 3.8) is 0 Å². The van der Waals surface area contributed by atoms with Crippen molar-refractivity contribution < 1.29 is 0 Å². The Morgan fingerprint density at radius 2 is 1.93 bits per heavy atom. The Kier molecular flexibility index (Phi) is 2.69. The molecule has 15 heavy (non-hydrogen) atoms. The zero-order valence-electron chi connectivity index (χ0n) is 9.25. The van der Waals surface area contributed by atoms with Crippen molar-refractivity contribution in [3.05, 3.63) is 41.2 Å². The lowest BCUT2D eigenvalue weighted by Gasteiger charge is -2.07. The van der Waals surface area contributed by atoms with E-state index in [-0.39, 0.29) is 0 Å². The highest BCUT2D eigenvalue weighted by molar-refractivity contribution is 5.85. The standard InChI is InChI=1S/C13H16N2/c1-9-7-11-4-6-15-13(3-5-14)12(11)8-10(9)2/h4,6-8H,3,5,14H2,1-2H3. The summed E-state index contributed by atoms with van der Waals surface area (Å²) < 4.78 is 0. The van der Waals surface area contributed by atoms with E-state index in [0.29, 0.717) is 6.54 Å². The number of hydrogen-bond acceptors (Lipinski definition) is 2. The van der Waals surface area contributed by atoms with Crippen LogP contribution < -0.4 is 5.73 Å². The molecule has 1 aromatic carbocycles. The minimum atomic E-state index is 0.652. The maximum Gasteiger partial charge on any atom is 0.0494 e. The maximum absolute atomic E-state index is 5.58. The molecular formula is C13H16N2. The second-order valence-electron chi connectivity index (χ2n) is 3.95. The molecule has 0 aliphatic rings. The van der Waals surface area contributed by atoms with Gasteiger partial charge < -0.3 is 5.73 Å². The van der Waals surface area contributed by atoms with E-state index in [4.69, 9.17) is 5.73 Å². The van der Waals surface area contributed by atoms with Crippen LogP contribution in [0.1, 0.15) is 16.8 Å². The van der Waals surface area contributed by atoms with Crippen molar-refractivity contribution in [1.29, 1.82) is 0 Å². The van der Waals surface area contributed by atoms with Gasteiger partial charge in [0.2, 0.25) is 0 Å². The lowest BCUT2D eigenvalue weighted by atomic mass is 10.0. The lowest BCUT2D eigenvalue weighted by Crippen LogP contribution is -2.04. The molecule has 0 fully saturated rings. The first kappa shape index (κ1) is 10.1. The van der Waals surface area contributed by atoms with Gasteiger partial charge >= 0.3 is 0 Å². The van der Waals surface area contributed by atoms with Crippen molar-refractivity contribution in [2.24, 2.45) is 5.73 Å². The Morgan fingerprint density at radius 1 is 1.20 bits per heavy atom. The number of aryl methyl sites for hydroxylation is 2. The Morgan fingerprint density at radius 3 is 2.67 bits per heavy atom. The molecule has 2 N–H and O–H groups in total. The first-order valence-electron chi connectivity index (χ1n) is 5.27. The summed E-state index contributed by atoms with van der Waals surface area (Å²) in [4.78, 5) is 4.39. The van der Waals surface area contributed by atoms with Crippen LogP contribution in [0.4, 0.5) is 0 Å². The normalized spacial score (nSPS) is 10.9. The lowest BCUT2D eigenvalue weighted by molar-refractivity contribution is 0.935. The minimum Gasteiger partial charge on any atom is -0.330 e. The van der Waals surface area contributed by atoms with Crippen molar-refractivity contribution in [2.45, 2.75) is 20.3 Å². The van der Waals surface area contributed by atoms with E-state index in [2.05, 4.69) is 37.0 Å². The molecule has 1 heterocycles. The van der Waals surface area contributed by atoms with Crippen LogP contribution in [0, 0.1) is 13.8 Å².